The molecule has 96 valence electrons. The van der Waals surface area contributed by atoms with Gasteiger partial charge in [-0.3, -0.25) is 4.90 Å². The number of halogens is 1. The first kappa shape index (κ1) is 12.8. The van der Waals surface area contributed by atoms with E-state index in [1.165, 1.54) is 14.2 Å². The maximum atomic E-state index is 3.57. The summed E-state index contributed by atoms with van der Waals surface area (Å²) in [6.07, 6.45) is 0. The summed E-state index contributed by atoms with van der Waals surface area (Å²) in [5.41, 5.74) is 0. The smallest absolute Gasteiger partial charge is 0.0791 e. The van der Waals surface area contributed by atoms with Crippen LogP contribution in [-0.4, -0.2) is 31.1 Å². The van der Waals surface area contributed by atoms with Gasteiger partial charge in [-0.15, -0.1) is 22.7 Å². The van der Waals surface area contributed by atoms with Gasteiger partial charge >= 0.3 is 0 Å². The number of hydrogen-bond acceptors (Lipinski definition) is 4. The van der Waals surface area contributed by atoms with Crippen LogP contribution in [0.25, 0.3) is 0 Å². The summed E-state index contributed by atoms with van der Waals surface area (Å²) in [5, 5.41) is 7.78. The van der Waals surface area contributed by atoms with Crippen molar-refractivity contribution in [1.82, 2.24) is 10.2 Å². The van der Waals surface area contributed by atoms with Crippen LogP contribution in [0.2, 0.25) is 0 Å². The van der Waals surface area contributed by atoms with Gasteiger partial charge in [0.25, 0.3) is 0 Å². The van der Waals surface area contributed by atoms with Crippen LogP contribution in [0.15, 0.2) is 33.4 Å². The van der Waals surface area contributed by atoms with Crippen LogP contribution in [0.1, 0.15) is 15.8 Å². The highest BCUT2D eigenvalue weighted by Gasteiger charge is 2.25. The summed E-state index contributed by atoms with van der Waals surface area (Å²) in [7, 11) is 0. The van der Waals surface area contributed by atoms with Gasteiger partial charge in [-0.25, -0.2) is 0 Å². The average Bonchev–Trinajstić information content (AvgIpc) is 3.04. The third kappa shape index (κ3) is 2.70. The lowest BCUT2D eigenvalue weighted by molar-refractivity contribution is 0.203. The van der Waals surface area contributed by atoms with Gasteiger partial charge in [0.1, 0.15) is 0 Å². The Bertz CT molecular complexity index is 489. The molecule has 0 aliphatic carbocycles. The Morgan fingerprint density at radius 2 is 2.06 bits per heavy atom. The van der Waals surface area contributed by atoms with Crippen molar-refractivity contribution >= 4 is 38.6 Å². The molecule has 18 heavy (non-hydrogen) atoms. The van der Waals surface area contributed by atoms with E-state index in [0.29, 0.717) is 6.04 Å². The maximum Gasteiger partial charge on any atom is 0.0791 e. The van der Waals surface area contributed by atoms with Crippen LogP contribution in [0.5, 0.6) is 0 Å². The van der Waals surface area contributed by atoms with E-state index in [1.54, 1.807) is 0 Å². The molecule has 0 saturated carbocycles. The van der Waals surface area contributed by atoms with Gasteiger partial charge in [-0.1, -0.05) is 6.07 Å². The minimum absolute atomic E-state index is 0.434. The Balaban J connectivity index is 1.92. The largest absolute Gasteiger partial charge is 0.314 e. The molecule has 5 heteroatoms. The first-order valence-corrected chi connectivity index (χ1v) is 8.62. The maximum absolute atomic E-state index is 3.57. The fourth-order valence-electron chi connectivity index (χ4n) is 2.36. The van der Waals surface area contributed by atoms with Crippen molar-refractivity contribution in [3.05, 3.63) is 43.2 Å². The van der Waals surface area contributed by atoms with Crippen molar-refractivity contribution in [3.8, 4) is 0 Å². The van der Waals surface area contributed by atoms with Gasteiger partial charge in [0, 0.05) is 45.8 Å². The molecule has 1 aliphatic rings. The van der Waals surface area contributed by atoms with E-state index in [4.69, 9.17) is 0 Å². The van der Waals surface area contributed by atoms with E-state index >= 15 is 0 Å². The molecule has 1 atom stereocenters. The number of nitrogens with zero attached hydrogens (tertiary/aromatic N) is 1. The van der Waals surface area contributed by atoms with Crippen molar-refractivity contribution in [2.75, 3.05) is 26.2 Å². The molecule has 1 saturated heterocycles. The van der Waals surface area contributed by atoms with Crippen molar-refractivity contribution in [2.24, 2.45) is 0 Å². The van der Waals surface area contributed by atoms with Crippen LogP contribution < -0.4 is 5.32 Å². The minimum atomic E-state index is 0.434. The minimum Gasteiger partial charge on any atom is -0.314 e. The zero-order valence-corrected chi connectivity index (χ0v) is 13.2. The molecule has 2 nitrogen and oxygen atoms in total. The fourth-order valence-corrected chi connectivity index (χ4v) is 4.91. The molecular formula is C13H15BrN2S2. The summed E-state index contributed by atoms with van der Waals surface area (Å²) in [6.45, 7) is 4.43. The molecule has 0 amide bonds. The van der Waals surface area contributed by atoms with Crippen LogP contribution in [0.4, 0.5) is 0 Å². The molecule has 1 N–H and O–H groups in total. The molecule has 1 aliphatic heterocycles. The predicted molar refractivity (Wildman–Crippen MR) is 82.6 cm³/mol. The molecule has 2 aromatic rings. The summed E-state index contributed by atoms with van der Waals surface area (Å²) in [6, 6.07) is 7.10. The van der Waals surface area contributed by atoms with Gasteiger partial charge < -0.3 is 5.32 Å². The van der Waals surface area contributed by atoms with Crippen LogP contribution in [0.3, 0.4) is 0 Å². The second-order valence-electron chi connectivity index (χ2n) is 4.37. The van der Waals surface area contributed by atoms with Crippen molar-refractivity contribution in [3.63, 3.8) is 0 Å². The van der Waals surface area contributed by atoms with Gasteiger partial charge in [0.05, 0.1) is 6.04 Å². The van der Waals surface area contributed by atoms with Crippen molar-refractivity contribution < 1.29 is 0 Å². The topological polar surface area (TPSA) is 15.3 Å². The van der Waals surface area contributed by atoms with E-state index in [0.717, 1.165) is 26.2 Å². The molecule has 2 aromatic heterocycles. The molecule has 0 radical (unpaired) electrons. The van der Waals surface area contributed by atoms with Gasteiger partial charge in [0.15, 0.2) is 0 Å². The SMILES string of the molecule is Brc1csc([C@H](c2cccs2)N2CCNCC2)c1. The lowest BCUT2D eigenvalue weighted by Gasteiger charge is -2.33. The molecule has 0 unspecified atom stereocenters. The number of rotatable bonds is 3. The predicted octanol–water partition coefficient (Wildman–Crippen LogP) is 3.57. The first-order chi connectivity index (χ1) is 8.84. The number of nitrogens with one attached hydrogen (secondary N) is 1. The quantitative estimate of drug-likeness (QED) is 0.917. The first-order valence-electron chi connectivity index (χ1n) is 6.07. The summed E-state index contributed by atoms with van der Waals surface area (Å²) >= 11 is 7.28. The third-order valence-electron chi connectivity index (χ3n) is 3.19. The molecule has 1 fully saturated rings. The Morgan fingerprint density at radius 3 is 2.67 bits per heavy atom. The zero-order valence-electron chi connectivity index (χ0n) is 9.93. The highest BCUT2D eigenvalue weighted by atomic mass is 79.9. The van der Waals surface area contributed by atoms with E-state index < -0.39 is 0 Å². The van der Waals surface area contributed by atoms with Crippen molar-refractivity contribution in [2.45, 2.75) is 6.04 Å². The van der Waals surface area contributed by atoms with E-state index in [2.05, 4.69) is 55.1 Å². The second kappa shape index (κ2) is 5.84. The van der Waals surface area contributed by atoms with Gasteiger partial charge in [-0.2, -0.15) is 0 Å². The number of thiophene rings is 2. The Labute approximate surface area is 124 Å². The fraction of sp³-hybridized carbons (Fsp3) is 0.385. The van der Waals surface area contributed by atoms with Crippen LogP contribution >= 0.6 is 38.6 Å². The molecule has 0 aromatic carbocycles. The molecule has 3 heterocycles. The van der Waals surface area contributed by atoms with Gasteiger partial charge in [0.2, 0.25) is 0 Å². The lowest BCUT2D eigenvalue weighted by Crippen LogP contribution is -2.45. The molecule has 3 rings (SSSR count). The number of piperazine rings is 1. The molecule has 0 spiro atoms. The Kier molecular flexibility index (Phi) is 4.16. The number of hydrogen-bond donors (Lipinski definition) is 1. The summed E-state index contributed by atoms with van der Waals surface area (Å²) in [4.78, 5) is 5.47. The second-order valence-corrected chi connectivity index (χ2v) is 7.21. The van der Waals surface area contributed by atoms with Crippen molar-refractivity contribution in [1.29, 1.82) is 0 Å². The Morgan fingerprint density at radius 1 is 1.22 bits per heavy atom. The molecular weight excluding hydrogens is 328 g/mol. The third-order valence-corrected chi connectivity index (χ3v) is 5.86. The van der Waals surface area contributed by atoms with E-state index in [-0.39, 0.29) is 0 Å². The summed E-state index contributed by atoms with van der Waals surface area (Å²) < 4.78 is 1.19. The lowest BCUT2D eigenvalue weighted by atomic mass is 10.1. The van der Waals surface area contributed by atoms with Gasteiger partial charge in [-0.05, 0) is 33.4 Å². The molecule has 0 bridgehead atoms. The summed E-state index contributed by atoms with van der Waals surface area (Å²) in [5.74, 6) is 0. The average molecular weight is 343 g/mol. The van der Waals surface area contributed by atoms with E-state index in [1.807, 2.05) is 22.7 Å². The van der Waals surface area contributed by atoms with Crippen LogP contribution in [-0.2, 0) is 0 Å². The normalized spacial score (nSPS) is 18.9. The zero-order chi connectivity index (χ0) is 12.4. The van der Waals surface area contributed by atoms with Crippen LogP contribution in [0, 0.1) is 0 Å². The monoisotopic (exact) mass is 342 g/mol. The highest BCUT2D eigenvalue weighted by molar-refractivity contribution is 9.10. The standard InChI is InChI=1S/C13H15BrN2S2/c14-10-8-12(18-9-10)13(11-2-1-7-17-11)16-5-3-15-4-6-16/h1-2,7-9,13,15H,3-6H2/t13-/m0/s1. The Hall–Kier alpha value is -0.200. The highest BCUT2D eigenvalue weighted by Crippen LogP contribution is 2.36. The van der Waals surface area contributed by atoms with E-state index in [9.17, 15) is 0 Å².